The van der Waals surface area contributed by atoms with Gasteiger partial charge in [0, 0.05) is 18.2 Å². The lowest BCUT2D eigenvalue weighted by Gasteiger charge is -2.11. The first kappa shape index (κ1) is 15.6. The third-order valence-corrected chi connectivity index (χ3v) is 3.38. The predicted molar refractivity (Wildman–Crippen MR) is 82.2 cm³/mol. The molecule has 0 fully saturated rings. The van der Waals surface area contributed by atoms with Gasteiger partial charge in [0.25, 0.3) is 5.69 Å². The standard InChI is InChI=1S/C14H12Cl2N2O3/c1-8(17)9-2-4-11(5-3-9)21-14-12(15)6-10(18(19)20)7-13(14)16/h2-8H,17H2,1H3/t8-/m1/s1. The minimum Gasteiger partial charge on any atom is -0.454 e. The first-order valence-corrected chi connectivity index (χ1v) is 6.81. The summed E-state index contributed by atoms with van der Waals surface area (Å²) < 4.78 is 5.58. The average molecular weight is 327 g/mol. The van der Waals surface area contributed by atoms with Crippen molar-refractivity contribution >= 4 is 28.9 Å². The average Bonchev–Trinajstić information content (AvgIpc) is 2.43. The van der Waals surface area contributed by atoms with E-state index in [2.05, 4.69) is 0 Å². The van der Waals surface area contributed by atoms with Gasteiger partial charge in [0.15, 0.2) is 5.75 Å². The summed E-state index contributed by atoms with van der Waals surface area (Å²) in [6.07, 6.45) is 0. The van der Waals surface area contributed by atoms with Crippen molar-refractivity contribution in [2.45, 2.75) is 13.0 Å². The van der Waals surface area contributed by atoms with Gasteiger partial charge in [0.1, 0.15) is 5.75 Å². The maximum atomic E-state index is 10.7. The second kappa shape index (κ2) is 6.30. The SMILES string of the molecule is C[C@@H](N)c1ccc(Oc2c(Cl)cc([N+](=O)[O-])cc2Cl)cc1. The van der Waals surface area contributed by atoms with Gasteiger partial charge in [-0.25, -0.2) is 0 Å². The number of ether oxygens (including phenoxy) is 1. The summed E-state index contributed by atoms with van der Waals surface area (Å²) in [6.45, 7) is 1.87. The number of hydrogen-bond donors (Lipinski definition) is 1. The van der Waals surface area contributed by atoms with Crippen LogP contribution < -0.4 is 10.5 Å². The molecule has 0 aromatic heterocycles. The maximum absolute atomic E-state index is 10.7. The van der Waals surface area contributed by atoms with E-state index in [4.69, 9.17) is 33.7 Å². The number of nitro benzene ring substituents is 1. The van der Waals surface area contributed by atoms with Crippen LogP contribution in [-0.2, 0) is 0 Å². The molecular weight excluding hydrogens is 315 g/mol. The molecule has 0 aliphatic rings. The molecule has 0 radical (unpaired) electrons. The third-order valence-electron chi connectivity index (χ3n) is 2.82. The predicted octanol–water partition coefficient (Wildman–Crippen LogP) is 4.71. The lowest BCUT2D eigenvalue weighted by Crippen LogP contribution is -2.04. The van der Waals surface area contributed by atoms with Gasteiger partial charge in [0.05, 0.1) is 15.0 Å². The van der Waals surface area contributed by atoms with Crippen molar-refractivity contribution in [2.24, 2.45) is 5.73 Å². The molecule has 0 saturated carbocycles. The molecule has 0 heterocycles. The van der Waals surface area contributed by atoms with Crippen LogP contribution in [0.3, 0.4) is 0 Å². The molecule has 0 aliphatic heterocycles. The molecule has 2 N–H and O–H groups in total. The van der Waals surface area contributed by atoms with E-state index in [9.17, 15) is 10.1 Å². The molecule has 2 rings (SSSR count). The number of nitrogens with two attached hydrogens (primary N) is 1. The van der Waals surface area contributed by atoms with Crippen LogP contribution in [0.1, 0.15) is 18.5 Å². The highest BCUT2D eigenvalue weighted by Crippen LogP contribution is 2.39. The summed E-state index contributed by atoms with van der Waals surface area (Å²) in [4.78, 5) is 10.1. The second-order valence-corrected chi connectivity index (χ2v) is 5.27. The summed E-state index contributed by atoms with van der Waals surface area (Å²) >= 11 is 12.0. The Balaban J connectivity index is 2.29. The fraction of sp³-hybridized carbons (Fsp3) is 0.143. The van der Waals surface area contributed by atoms with Crippen molar-refractivity contribution < 1.29 is 9.66 Å². The Labute approximate surface area is 131 Å². The van der Waals surface area contributed by atoms with Gasteiger partial charge in [-0.1, -0.05) is 35.3 Å². The summed E-state index contributed by atoms with van der Waals surface area (Å²) in [6, 6.07) is 9.42. The molecule has 21 heavy (non-hydrogen) atoms. The molecular formula is C14H12Cl2N2O3. The number of nitrogens with zero attached hydrogens (tertiary/aromatic N) is 1. The normalized spacial score (nSPS) is 12.0. The second-order valence-electron chi connectivity index (χ2n) is 4.46. The molecule has 2 aromatic carbocycles. The van der Waals surface area contributed by atoms with E-state index in [1.165, 1.54) is 12.1 Å². The first-order chi connectivity index (χ1) is 9.88. The van der Waals surface area contributed by atoms with Gasteiger partial charge in [-0.15, -0.1) is 0 Å². The van der Waals surface area contributed by atoms with E-state index in [1.807, 2.05) is 19.1 Å². The molecule has 0 bridgehead atoms. The summed E-state index contributed by atoms with van der Waals surface area (Å²) in [5.41, 5.74) is 6.53. The highest BCUT2D eigenvalue weighted by molar-refractivity contribution is 6.37. The van der Waals surface area contributed by atoms with Gasteiger partial charge in [0.2, 0.25) is 0 Å². The van der Waals surface area contributed by atoms with Gasteiger partial charge < -0.3 is 10.5 Å². The van der Waals surface area contributed by atoms with Crippen LogP contribution in [0.2, 0.25) is 10.0 Å². The number of non-ortho nitro benzene ring substituents is 1. The molecule has 0 unspecified atom stereocenters. The van der Waals surface area contributed by atoms with Crippen molar-refractivity contribution in [1.82, 2.24) is 0 Å². The Morgan fingerprint density at radius 2 is 1.71 bits per heavy atom. The minimum atomic E-state index is -0.570. The highest BCUT2D eigenvalue weighted by Gasteiger charge is 2.16. The van der Waals surface area contributed by atoms with Gasteiger partial charge in [-0.2, -0.15) is 0 Å². The van der Waals surface area contributed by atoms with Crippen LogP contribution in [0.25, 0.3) is 0 Å². The van der Waals surface area contributed by atoms with Crippen LogP contribution in [0.15, 0.2) is 36.4 Å². The zero-order valence-corrected chi connectivity index (χ0v) is 12.6. The Bertz CT molecular complexity index is 649. The zero-order chi connectivity index (χ0) is 15.6. The minimum absolute atomic E-state index is 0.0745. The first-order valence-electron chi connectivity index (χ1n) is 6.05. The molecule has 1 atom stereocenters. The molecule has 2 aromatic rings. The van der Waals surface area contributed by atoms with Crippen molar-refractivity contribution in [3.05, 3.63) is 62.1 Å². The molecule has 0 saturated heterocycles. The molecule has 0 amide bonds. The highest BCUT2D eigenvalue weighted by atomic mass is 35.5. The van der Waals surface area contributed by atoms with Gasteiger partial charge in [-0.3, -0.25) is 10.1 Å². The fourth-order valence-corrected chi connectivity index (χ4v) is 2.26. The van der Waals surface area contributed by atoms with Gasteiger partial charge in [-0.05, 0) is 24.6 Å². The van der Waals surface area contributed by atoms with Crippen LogP contribution in [0, 0.1) is 10.1 Å². The number of rotatable bonds is 4. The summed E-state index contributed by atoms with van der Waals surface area (Å²) in [7, 11) is 0. The molecule has 7 heteroatoms. The number of benzene rings is 2. The zero-order valence-electron chi connectivity index (χ0n) is 11.0. The van der Waals surface area contributed by atoms with E-state index in [1.54, 1.807) is 12.1 Å². The van der Waals surface area contributed by atoms with Crippen molar-refractivity contribution in [3.63, 3.8) is 0 Å². The molecule has 0 aliphatic carbocycles. The van der Waals surface area contributed by atoms with Crippen LogP contribution >= 0.6 is 23.2 Å². The van der Waals surface area contributed by atoms with Gasteiger partial charge >= 0.3 is 0 Å². The smallest absolute Gasteiger partial charge is 0.272 e. The van der Waals surface area contributed by atoms with E-state index >= 15 is 0 Å². The largest absolute Gasteiger partial charge is 0.454 e. The molecule has 110 valence electrons. The number of nitro groups is 1. The maximum Gasteiger partial charge on any atom is 0.272 e. The van der Waals surface area contributed by atoms with E-state index < -0.39 is 4.92 Å². The summed E-state index contributed by atoms with van der Waals surface area (Å²) in [5, 5.41) is 10.9. The Kier molecular flexibility index (Phi) is 4.67. The van der Waals surface area contributed by atoms with Crippen LogP contribution in [0.5, 0.6) is 11.5 Å². The molecule has 5 nitrogen and oxygen atoms in total. The van der Waals surface area contributed by atoms with Crippen LogP contribution in [-0.4, -0.2) is 4.92 Å². The van der Waals surface area contributed by atoms with Crippen LogP contribution in [0.4, 0.5) is 5.69 Å². The third kappa shape index (κ3) is 3.64. The molecule has 0 spiro atoms. The van der Waals surface area contributed by atoms with E-state index in [-0.39, 0.29) is 27.5 Å². The number of halogens is 2. The van der Waals surface area contributed by atoms with E-state index in [0.717, 1.165) is 5.56 Å². The number of hydrogen-bond acceptors (Lipinski definition) is 4. The Morgan fingerprint density at radius 3 is 2.14 bits per heavy atom. The lowest BCUT2D eigenvalue weighted by atomic mass is 10.1. The lowest BCUT2D eigenvalue weighted by molar-refractivity contribution is -0.384. The monoisotopic (exact) mass is 326 g/mol. The topological polar surface area (TPSA) is 78.4 Å². The quantitative estimate of drug-likeness (QED) is 0.651. The Morgan fingerprint density at radius 1 is 1.19 bits per heavy atom. The summed E-state index contributed by atoms with van der Waals surface area (Å²) in [5.74, 6) is 0.689. The van der Waals surface area contributed by atoms with Crippen molar-refractivity contribution in [2.75, 3.05) is 0 Å². The van der Waals surface area contributed by atoms with E-state index in [0.29, 0.717) is 5.75 Å². The Hall–Kier alpha value is -1.82. The van der Waals surface area contributed by atoms with Crippen molar-refractivity contribution in [1.29, 1.82) is 0 Å². The van der Waals surface area contributed by atoms with Crippen molar-refractivity contribution in [3.8, 4) is 11.5 Å². The fourth-order valence-electron chi connectivity index (χ4n) is 1.71.